The first kappa shape index (κ1) is 9.37. The molecule has 72 valence electrons. The number of rotatable bonds is 2. The topological polar surface area (TPSA) is 29.1 Å². The molecule has 0 spiro atoms. The minimum Gasteiger partial charge on any atom is -0.317 e. The molecule has 0 aromatic carbocycles. The van der Waals surface area contributed by atoms with E-state index in [0.717, 1.165) is 30.1 Å². The highest BCUT2D eigenvalue weighted by Crippen LogP contribution is 2.21. The van der Waals surface area contributed by atoms with Gasteiger partial charge in [0.15, 0.2) is 0 Å². The fourth-order valence-electron chi connectivity index (χ4n) is 1.55. The van der Waals surface area contributed by atoms with E-state index in [0.29, 0.717) is 5.25 Å². The minimum absolute atomic E-state index is 0.375. The Balaban J connectivity index is 2.04. The lowest BCUT2D eigenvalue weighted by Gasteiger charge is -2.21. The standard InChI is InChI=1S/C9H13NOS2/c11-13(9-2-1-7-12-9)8-3-5-10-6-4-8/h1-2,7-8,10H,3-6H2. The Morgan fingerprint density at radius 2 is 2.23 bits per heavy atom. The molecule has 2 rings (SSSR count). The van der Waals surface area contributed by atoms with E-state index in [2.05, 4.69) is 5.32 Å². The third-order valence-electron chi connectivity index (χ3n) is 2.28. The van der Waals surface area contributed by atoms with E-state index in [9.17, 15) is 4.21 Å². The van der Waals surface area contributed by atoms with Gasteiger partial charge in [0, 0.05) is 5.25 Å². The van der Waals surface area contributed by atoms with Crippen LogP contribution in [0.5, 0.6) is 0 Å². The van der Waals surface area contributed by atoms with Crippen molar-refractivity contribution in [2.75, 3.05) is 13.1 Å². The SMILES string of the molecule is O=S(c1cccs1)C1CCNCC1. The normalized spacial score (nSPS) is 21.5. The number of hydrogen-bond donors (Lipinski definition) is 1. The van der Waals surface area contributed by atoms with E-state index in [4.69, 9.17) is 0 Å². The predicted molar refractivity (Wildman–Crippen MR) is 56.6 cm³/mol. The molecule has 0 aliphatic carbocycles. The highest BCUT2D eigenvalue weighted by molar-refractivity contribution is 7.87. The molecule has 2 heterocycles. The van der Waals surface area contributed by atoms with E-state index < -0.39 is 10.8 Å². The first-order valence-corrected chi connectivity index (χ1v) is 6.62. The van der Waals surface area contributed by atoms with Crippen molar-refractivity contribution < 1.29 is 4.21 Å². The van der Waals surface area contributed by atoms with Crippen LogP contribution >= 0.6 is 11.3 Å². The molecule has 13 heavy (non-hydrogen) atoms. The van der Waals surface area contributed by atoms with Gasteiger partial charge in [0.1, 0.15) is 0 Å². The Labute approximate surface area is 84.8 Å². The monoisotopic (exact) mass is 215 g/mol. The Kier molecular flexibility index (Phi) is 3.14. The molecule has 0 bridgehead atoms. The van der Waals surface area contributed by atoms with Crippen LogP contribution in [0.1, 0.15) is 12.8 Å². The molecule has 1 unspecified atom stereocenters. The van der Waals surface area contributed by atoms with Crippen LogP contribution < -0.4 is 5.32 Å². The lowest BCUT2D eigenvalue weighted by molar-refractivity contribution is 0.520. The second kappa shape index (κ2) is 4.35. The summed E-state index contributed by atoms with van der Waals surface area (Å²) in [6.07, 6.45) is 2.09. The maximum atomic E-state index is 12.0. The van der Waals surface area contributed by atoms with Crippen molar-refractivity contribution >= 4 is 22.1 Å². The summed E-state index contributed by atoms with van der Waals surface area (Å²) in [5.41, 5.74) is 0. The molecule has 1 aromatic rings. The van der Waals surface area contributed by atoms with Gasteiger partial charge >= 0.3 is 0 Å². The van der Waals surface area contributed by atoms with Crippen molar-refractivity contribution in [2.24, 2.45) is 0 Å². The van der Waals surface area contributed by atoms with Gasteiger partial charge in [-0.15, -0.1) is 11.3 Å². The van der Waals surface area contributed by atoms with Crippen LogP contribution in [0.25, 0.3) is 0 Å². The molecule has 1 aromatic heterocycles. The smallest absolute Gasteiger partial charge is 0.0913 e. The third-order valence-corrected chi connectivity index (χ3v) is 5.33. The quantitative estimate of drug-likeness (QED) is 0.812. The Morgan fingerprint density at radius 1 is 1.46 bits per heavy atom. The average molecular weight is 215 g/mol. The Morgan fingerprint density at radius 3 is 2.85 bits per heavy atom. The van der Waals surface area contributed by atoms with Crippen molar-refractivity contribution in [3.8, 4) is 0 Å². The lowest BCUT2D eigenvalue weighted by atomic mass is 10.2. The maximum Gasteiger partial charge on any atom is 0.0913 e. The molecule has 1 saturated heterocycles. The van der Waals surface area contributed by atoms with Crippen molar-refractivity contribution in [2.45, 2.75) is 22.3 Å². The van der Waals surface area contributed by atoms with Crippen LogP contribution in [0, 0.1) is 0 Å². The average Bonchev–Trinajstić information content (AvgIpc) is 2.71. The predicted octanol–water partition coefficient (Wildman–Crippen LogP) is 1.61. The van der Waals surface area contributed by atoms with Crippen LogP contribution in [0.15, 0.2) is 21.7 Å². The Bertz CT molecular complexity index is 278. The van der Waals surface area contributed by atoms with Gasteiger partial charge in [-0.1, -0.05) is 6.07 Å². The number of thiophene rings is 1. The molecule has 1 atom stereocenters. The van der Waals surface area contributed by atoms with Gasteiger partial charge in [-0.2, -0.15) is 0 Å². The van der Waals surface area contributed by atoms with Crippen molar-refractivity contribution in [3.63, 3.8) is 0 Å². The van der Waals surface area contributed by atoms with Gasteiger partial charge in [0.2, 0.25) is 0 Å². The van der Waals surface area contributed by atoms with Crippen LogP contribution in [0.2, 0.25) is 0 Å². The fraction of sp³-hybridized carbons (Fsp3) is 0.556. The summed E-state index contributed by atoms with van der Waals surface area (Å²) in [4.78, 5) is 0. The largest absolute Gasteiger partial charge is 0.317 e. The van der Waals surface area contributed by atoms with Gasteiger partial charge in [-0.3, -0.25) is 4.21 Å². The summed E-state index contributed by atoms with van der Waals surface area (Å²) in [6.45, 7) is 2.03. The molecule has 1 aliphatic heterocycles. The summed E-state index contributed by atoms with van der Waals surface area (Å²) >= 11 is 1.60. The van der Waals surface area contributed by atoms with Crippen LogP contribution in [-0.2, 0) is 10.8 Å². The number of nitrogens with one attached hydrogen (secondary N) is 1. The zero-order valence-electron chi connectivity index (χ0n) is 7.36. The van der Waals surface area contributed by atoms with E-state index in [1.165, 1.54) is 0 Å². The molecule has 0 amide bonds. The van der Waals surface area contributed by atoms with Gasteiger partial charge < -0.3 is 5.32 Å². The van der Waals surface area contributed by atoms with E-state index >= 15 is 0 Å². The second-order valence-electron chi connectivity index (χ2n) is 3.18. The van der Waals surface area contributed by atoms with Crippen molar-refractivity contribution in [3.05, 3.63) is 17.5 Å². The first-order valence-electron chi connectivity index (χ1n) is 4.53. The second-order valence-corrected chi connectivity index (χ2v) is 6.09. The number of hydrogen-bond acceptors (Lipinski definition) is 3. The molecular formula is C9H13NOS2. The molecule has 2 nitrogen and oxygen atoms in total. The summed E-state index contributed by atoms with van der Waals surface area (Å²) in [5.74, 6) is 0. The minimum atomic E-state index is -0.760. The van der Waals surface area contributed by atoms with E-state index in [1.54, 1.807) is 11.3 Å². The molecule has 1 aliphatic rings. The zero-order valence-corrected chi connectivity index (χ0v) is 9.00. The van der Waals surface area contributed by atoms with Crippen molar-refractivity contribution in [1.82, 2.24) is 5.32 Å². The number of piperidine rings is 1. The third kappa shape index (κ3) is 2.18. The van der Waals surface area contributed by atoms with Crippen molar-refractivity contribution in [1.29, 1.82) is 0 Å². The summed E-state index contributed by atoms with van der Waals surface area (Å²) in [7, 11) is -0.760. The van der Waals surface area contributed by atoms with Crippen LogP contribution in [0.3, 0.4) is 0 Å². The van der Waals surface area contributed by atoms with Gasteiger partial charge in [-0.05, 0) is 37.4 Å². The van der Waals surface area contributed by atoms with E-state index in [-0.39, 0.29) is 0 Å². The lowest BCUT2D eigenvalue weighted by Crippen LogP contribution is -2.33. The van der Waals surface area contributed by atoms with Gasteiger partial charge in [0.25, 0.3) is 0 Å². The first-order chi connectivity index (χ1) is 6.38. The molecule has 1 N–H and O–H groups in total. The zero-order chi connectivity index (χ0) is 9.10. The highest BCUT2D eigenvalue weighted by Gasteiger charge is 2.21. The molecule has 0 saturated carbocycles. The summed E-state index contributed by atoms with van der Waals surface area (Å²) < 4.78 is 13.0. The highest BCUT2D eigenvalue weighted by atomic mass is 32.2. The molecule has 4 heteroatoms. The van der Waals surface area contributed by atoms with E-state index in [1.807, 2.05) is 17.5 Å². The molecule has 0 radical (unpaired) electrons. The summed E-state index contributed by atoms with van der Waals surface area (Å²) in [6, 6.07) is 3.95. The maximum absolute atomic E-state index is 12.0. The van der Waals surface area contributed by atoms with Crippen LogP contribution in [0.4, 0.5) is 0 Å². The van der Waals surface area contributed by atoms with Gasteiger partial charge in [-0.25, -0.2) is 0 Å². The Hall–Kier alpha value is -0.190. The van der Waals surface area contributed by atoms with Gasteiger partial charge in [0.05, 0.1) is 15.0 Å². The molecule has 1 fully saturated rings. The van der Waals surface area contributed by atoms with Crippen LogP contribution in [-0.4, -0.2) is 22.5 Å². The summed E-state index contributed by atoms with van der Waals surface area (Å²) in [5, 5.41) is 5.65. The fourth-order valence-corrected chi connectivity index (χ4v) is 4.16. The molecular weight excluding hydrogens is 202 g/mol.